The van der Waals surface area contributed by atoms with Crippen LogP contribution in [0, 0.1) is 6.92 Å². The van der Waals surface area contributed by atoms with E-state index in [4.69, 9.17) is 0 Å². The lowest BCUT2D eigenvalue weighted by atomic mass is 10.00. The van der Waals surface area contributed by atoms with Gasteiger partial charge in [0.05, 0.1) is 10.8 Å². The molecule has 21 heavy (non-hydrogen) atoms. The van der Waals surface area contributed by atoms with Crippen LogP contribution in [0.25, 0.3) is 0 Å². The van der Waals surface area contributed by atoms with E-state index in [0.717, 1.165) is 31.6 Å². The van der Waals surface area contributed by atoms with Crippen LogP contribution in [0.15, 0.2) is 10.9 Å². The Morgan fingerprint density at radius 2 is 2.14 bits per heavy atom. The largest absolute Gasteiger partial charge is 0.309 e. The topological polar surface area (TPSA) is 66.1 Å². The minimum absolute atomic E-state index is 0.0346. The first-order valence-corrected chi connectivity index (χ1v) is 8.94. The molecule has 2 heterocycles. The maximum Gasteiger partial charge on any atom is 0.251 e. The molecule has 0 aliphatic carbocycles. The second kappa shape index (κ2) is 6.40. The Balaban J connectivity index is 2.25. The molecule has 1 N–H and O–H groups in total. The van der Waals surface area contributed by atoms with Gasteiger partial charge in [-0.15, -0.1) is 0 Å². The molecule has 1 saturated heterocycles. The van der Waals surface area contributed by atoms with E-state index < -0.39 is 10.8 Å². The summed E-state index contributed by atoms with van der Waals surface area (Å²) >= 11 is 0. The molecule has 0 saturated carbocycles. The maximum absolute atomic E-state index is 12.4. The first-order chi connectivity index (χ1) is 9.91. The molecule has 0 aromatic carbocycles. The predicted molar refractivity (Wildman–Crippen MR) is 85.9 cm³/mol. The maximum atomic E-state index is 12.4. The van der Waals surface area contributed by atoms with Crippen LogP contribution in [-0.2, 0) is 10.8 Å². The molecule has 0 radical (unpaired) electrons. The first kappa shape index (κ1) is 16.4. The molecule has 1 fully saturated rings. The number of aromatic nitrogens is 2. The molecule has 1 aliphatic heterocycles. The van der Waals surface area contributed by atoms with Crippen LogP contribution >= 0.6 is 0 Å². The molecule has 2 atom stereocenters. The van der Waals surface area contributed by atoms with E-state index in [1.165, 1.54) is 6.07 Å². The number of rotatable bonds is 4. The quantitative estimate of drug-likeness (QED) is 0.920. The summed E-state index contributed by atoms with van der Waals surface area (Å²) < 4.78 is 12.3. The van der Waals surface area contributed by atoms with Gasteiger partial charge in [-0.3, -0.25) is 13.9 Å². The predicted octanol–water partition coefficient (Wildman–Crippen LogP) is 1.76. The van der Waals surface area contributed by atoms with Crippen molar-refractivity contribution in [2.75, 3.05) is 18.8 Å². The highest BCUT2D eigenvalue weighted by atomic mass is 32.2. The lowest BCUT2D eigenvalue weighted by molar-refractivity contribution is 0.176. The molecular weight excluding hydrogens is 286 g/mol. The van der Waals surface area contributed by atoms with Gasteiger partial charge in [0.15, 0.2) is 0 Å². The molecule has 118 valence electrons. The van der Waals surface area contributed by atoms with Crippen LogP contribution in [0.3, 0.4) is 0 Å². The molecule has 1 aliphatic rings. The van der Waals surface area contributed by atoms with Gasteiger partial charge < -0.3 is 4.98 Å². The summed E-state index contributed by atoms with van der Waals surface area (Å²) in [7, 11) is -0.773. The standard InChI is InChI=1S/C15H25N3O2S/c1-5-15(6-2)10-18(7-8-21(15)20)12(4)14-16-11(3)9-13(19)17-14/h9,12H,5-8,10H2,1-4H3,(H,16,17,19). The average molecular weight is 311 g/mol. The van der Waals surface area contributed by atoms with Crippen molar-refractivity contribution >= 4 is 10.8 Å². The number of H-pyrrole nitrogens is 1. The highest BCUT2D eigenvalue weighted by molar-refractivity contribution is 7.86. The van der Waals surface area contributed by atoms with Gasteiger partial charge in [0.2, 0.25) is 0 Å². The fraction of sp³-hybridized carbons (Fsp3) is 0.733. The van der Waals surface area contributed by atoms with Crippen molar-refractivity contribution in [2.24, 2.45) is 0 Å². The Bertz CT molecular complexity index is 581. The molecule has 0 spiro atoms. The van der Waals surface area contributed by atoms with E-state index in [-0.39, 0.29) is 16.3 Å². The lowest BCUT2D eigenvalue weighted by Gasteiger charge is -2.43. The summed E-state index contributed by atoms with van der Waals surface area (Å²) in [4.78, 5) is 21.2. The fourth-order valence-electron chi connectivity index (χ4n) is 3.04. The smallest absolute Gasteiger partial charge is 0.251 e. The second-order valence-corrected chi connectivity index (χ2v) is 7.82. The van der Waals surface area contributed by atoms with Crippen LogP contribution in [0.2, 0.25) is 0 Å². The van der Waals surface area contributed by atoms with Crippen LogP contribution < -0.4 is 5.56 Å². The van der Waals surface area contributed by atoms with E-state index in [0.29, 0.717) is 11.6 Å². The minimum Gasteiger partial charge on any atom is -0.309 e. The highest BCUT2D eigenvalue weighted by Gasteiger charge is 2.40. The van der Waals surface area contributed by atoms with Crippen LogP contribution in [0.5, 0.6) is 0 Å². The van der Waals surface area contributed by atoms with E-state index >= 15 is 0 Å². The third kappa shape index (κ3) is 3.26. The van der Waals surface area contributed by atoms with Crippen LogP contribution in [0.1, 0.15) is 51.2 Å². The molecule has 2 rings (SSSR count). The molecule has 5 nitrogen and oxygen atoms in total. The van der Waals surface area contributed by atoms with E-state index in [1.54, 1.807) is 0 Å². The number of nitrogens with zero attached hydrogens (tertiary/aromatic N) is 2. The summed E-state index contributed by atoms with van der Waals surface area (Å²) in [5, 5.41) is 0. The summed E-state index contributed by atoms with van der Waals surface area (Å²) in [6.07, 6.45) is 1.83. The summed E-state index contributed by atoms with van der Waals surface area (Å²) in [5.74, 6) is 1.40. The molecule has 0 bridgehead atoms. The number of aryl methyl sites for hydroxylation is 1. The Kier molecular flexibility index (Phi) is 4.99. The van der Waals surface area contributed by atoms with Crippen molar-refractivity contribution in [1.82, 2.24) is 14.9 Å². The summed E-state index contributed by atoms with van der Waals surface area (Å²) in [5.41, 5.74) is 0.626. The van der Waals surface area contributed by atoms with Crippen LogP contribution in [0.4, 0.5) is 0 Å². The molecule has 1 aromatic rings. The number of nitrogens with one attached hydrogen (secondary N) is 1. The molecule has 6 heteroatoms. The zero-order valence-electron chi connectivity index (χ0n) is 13.3. The number of aromatic amines is 1. The van der Waals surface area contributed by atoms with Crippen molar-refractivity contribution in [2.45, 2.75) is 51.3 Å². The third-order valence-corrected chi connectivity index (χ3v) is 6.88. The van der Waals surface area contributed by atoms with Gasteiger partial charge in [-0.25, -0.2) is 4.98 Å². The first-order valence-electron chi connectivity index (χ1n) is 7.62. The third-order valence-electron chi connectivity index (χ3n) is 4.66. The molecule has 0 amide bonds. The van der Waals surface area contributed by atoms with Crippen molar-refractivity contribution in [1.29, 1.82) is 0 Å². The van der Waals surface area contributed by atoms with Gasteiger partial charge in [0.25, 0.3) is 5.56 Å². The SMILES string of the molecule is CCC1(CC)CN(C(C)c2nc(C)cc(=O)[nH]2)CCS1=O. The Morgan fingerprint density at radius 1 is 1.48 bits per heavy atom. The Morgan fingerprint density at radius 3 is 2.71 bits per heavy atom. The monoisotopic (exact) mass is 311 g/mol. The van der Waals surface area contributed by atoms with Crippen molar-refractivity contribution in [3.05, 3.63) is 27.9 Å². The Labute approximate surface area is 128 Å². The van der Waals surface area contributed by atoms with Gasteiger partial charge in [-0.1, -0.05) is 13.8 Å². The molecular formula is C15H25N3O2S. The number of hydrogen-bond acceptors (Lipinski definition) is 4. The van der Waals surface area contributed by atoms with Gasteiger partial charge in [0, 0.05) is 41.4 Å². The lowest BCUT2D eigenvalue weighted by Crippen LogP contribution is -2.53. The van der Waals surface area contributed by atoms with Gasteiger partial charge in [0.1, 0.15) is 5.82 Å². The van der Waals surface area contributed by atoms with Gasteiger partial charge >= 0.3 is 0 Å². The Hall–Kier alpha value is -1.01. The van der Waals surface area contributed by atoms with Gasteiger partial charge in [-0.05, 0) is 26.7 Å². The second-order valence-electron chi connectivity index (χ2n) is 5.86. The van der Waals surface area contributed by atoms with E-state index in [2.05, 4.69) is 35.6 Å². The summed E-state index contributed by atoms with van der Waals surface area (Å²) in [6.45, 7) is 9.70. The van der Waals surface area contributed by atoms with E-state index in [9.17, 15) is 9.00 Å². The minimum atomic E-state index is -0.773. The zero-order chi connectivity index (χ0) is 15.6. The molecule has 2 unspecified atom stereocenters. The van der Waals surface area contributed by atoms with Crippen molar-refractivity contribution in [3.8, 4) is 0 Å². The van der Waals surface area contributed by atoms with Crippen molar-refractivity contribution in [3.63, 3.8) is 0 Å². The van der Waals surface area contributed by atoms with E-state index in [1.807, 2.05) is 6.92 Å². The van der Waals surface area contributed by atoms with Crippen molar-refractivity contribution < 1.29 is 4.21 Å². The number of hydrogen-bond donors (Lipinski definition) is 1. The summed E-state index contributed by atoms with van der Waals surface area (Å²) in [6, 6.07) is 1.54. The fourth-order valence-corrected chi connectivity index (χ4v) is 4.82. The molecule has 1 aromatic heterocycles. The average Bonchev–Trinajstić information content (AvgIpc) is 2.46. The highest BCUT2D eigenvalue weighted by Crippen LogP contribution is 2.32. The zero-order valence-corrected chi connectivity index (χ0v) is 14.1. The van der Waals surface area contributed by atoms with Crippen LogP contribution in [-0.4, -0.2) is 42.7 Å². The normalized spacial score (nSPS) is 23.9. The van der Waals surface area contributed by atoms with Gasteiger partial charge in [-0.2, -0.15) is 0 Å².